The minimum absolute atomic E-state index is 0.00516. The second-order valence-corrected chi connectivity index (χ2v) is 7.29. The maximum atomic E-state index is 12.5. The third-order valence-electron chi connectivity index (χ3n) is 4.80. The number of amides is 1. The molecule has 150 valence electrons. The van der Waals surface area contributed by atoms with Crippen molar-refractivity contribution < 1.29 is 9.53 Å². The van der Waals surface area contributed by atoms with Gasteiger partial charge >= 0.3 is 0 Å². The number of carbonyl (C=O) groups is 1. The molecule has 0 bridgehead atoms. The van der Waals surface area contributed by atoms with Crippen molar-refractivity contribution in [3.05, 3.63) is 30.4 Å². The van der Waals surface area contributed by atoms with Gasteiger partial charge in [0.1, 0.15) is 11.5 Å². The summed E-state index contributed by atoms with van der Waals surface area (Å²) in [6, 6.07) is 1.98. The quantitative estimate of drug-likeness (QED) is 0.733. The summed E-state index contributed by atoms with van der Waals surface area (Å²) >= 11 is 0. The van der Waals surface area contributed by atoms with Crippen molar-refractivity contribution in [2.24, 2.45) is 5.92 Å². The molecule has 28 heavy (non-hydrogen) atoms. The van der Waals surface area contributed by atoms with Crippen LogP contribution in [0.15, 0.2) is 24.7 Å². The molecule has 1 N–H and O–H groups in total. The van der Waals surface area contributed by atoms with Crippen LogP contribution in [-0.4, -0.2) is 64.1 Å². The number of aromatic nitrogens is 4. The predicted octanol–water partition coefficient (Wildman–Crippen LogP) is 2.35. The second kappa shape index (κ2) is 9.54. The van der Waals surface area contributed by atoms with Crippen LogP contribution in [-0.2, 0) is 9.53 Å². The van der Waals surface area contributed by atoms with Crippen LogP contribution in [0.5, 0.6) is 0 Å². The van der Waals surface area contributed by atoms with Crippen LogP contribution in [0, 0.1) is 5.92 Å². The number of methoxy groups -OCH3 is 1. The number of hydrogen-bond donors (Lipinski definition) is 1. The van der Waals surface area contributed by atoms with Crippen LogP contribution in [0.2, 0.25) is 0 Å². The Balaban J connectivity index is 1.88. The Bertz CT molecular complexity index is 784. The number of piperidine rings is 1. The molecule has 2 aromatic heterocycles. The number of nitrogens with zero attached hydrogens (tertiary/aromatic N) is 5. The van der Waals surface area contributed by atoms with E-state index in [9.17, 15) is 4.79 Å². The highest BCUT2D eigenvalue weighted by Gasteiger charge is 2.27. The number of rotatable bonds is 7. The van der Waals surface area contributed by atoms with Gasteiger partial charge in [0.15, 0.2) is 5.82 Å². The van der Waals surface area contributed by atoms with Gasteiger partial charge in [0.2, 0.25) is 5.91 Å². The van der Waals surface area contributed by atoms with Gasteiger partial charge in [-0.3, -0.25) is 9.78 Å². The van der Waals surface area contributed by atoms with E-state index in [1.54, 1.807) is 25.7 Å². The summed E-state index contributed by atoms with van der Waals surface area (Å²) in [6.45, 7) is 6.62. The predicted molar refractivity (Wildman–Crippen MR) is 107 cm³/mol. The largest absolute Gasteiger partial charge is 0.383 e. The molecule has 1 atom stereocenters. The van der Waals surface area contributed by atoms with E-state index < -0.39 is 0 Å². The molecule has 1 fully saturated rings. The van der Waals surface area contributed by atoms with E-state index in [4.69, 9.17) is 9.72 Å². The molecule has 0 saturated carbocycles. The monoisotopic (exact) mass is 384 g/mol. The van der Waals surface area contributed by atoms with Crippen LogP contribution >= 0.6 is 0 Å². The zero-order valence-corrected chi connectivity index (χ0v) is 16.8. The van der Waals surface area contributed by atoms with Crippen molar-refractivity contribution in [2.45, 2.75) is 32.6 Å². The molecule has 1 aliphatic heterocycles. The number of anilines is 1. The first-order valence-electron chi connectivity index (χ1n) is 9.75. The number of nitrogens with one attached hydrogen (secondary N) is 1. The zero-order valence-electron chi connectivity index (χ0n) is 16.8. The minimum Gasteiger partial charge on any atom is -0.383 e. The Hall–Kier alpha value is -2.61. The van der Waals surface area contributed by atoms with Crippen LogP contribution in [0.25, 0.3) is 11.5 Å². The van der Waals surface area contributed by atoms with Gasteiger partial charge < -0.3 is 15.0 Å². The summed E-state index contributed by atoms with van der Waals surface area (Å²) in [5, 5.41) is 3.28. The van der Waals surface area contributed by atoms with E-state index in [0.29, 0.717) is 31.2 Å². The number of likely N-dealkylation sites (tertiary alicyclic amines) is 1. The van der Waals surface area contributed by atoms with Crippen molar-refractivity contribution in [1.82, 2.24) is 24.8 Å². The van der Waals surface area contributed by atoms with Gasteiger partial charge in [0, 0.05) is 57.0 Å². The molecule has 0 aliphatic carbocycles. The molecule has 2 aromatic rings. The number of hydrogen-bond acceptors (Lipinski definition) is 7. The van der Waals surface area contributed by atoms with Crippen molar-refractivity contribution in [1.29, 1.82) is 0 Å². The summed E-state index contributed by atoms with van der Waals surface area (Å²) in [5.74, 6) is 1.66. The van der Waals surface area contributed by atoms with E-state index in [1.165, 1.54) is 0 Å². The standard InChI is InChI=1S/C20H28N6O2/c1-14(2)20(27)26-9-4-5-15(13-26)16-11-18(23-8-10-28-3)25-19(24-16)17-12-21-6-7-22-17/h6-7,11-12,14-15H,4-5,8-10,13H2,1-3H3,(H,23,24,25). The lowest BCUT2D eigenvalue weighted by Gasteiger charge is -2.33. The summed E-state index contributed by atoms with van der Waals surface area (Å²) in [5.41, 5.74) is 1.56. The normalized spacial score (nSPS) is 17.0. The fourth-order valence-electron chi connectivity index (χ4n) is 3.36. The highest BCUT2D eigenvalue weighted by molar-refractivity contribution is 5.78. The fourth-order valence-corrected chi connectivity index (χ4v) is 3.36. The molecular formula is C20H28N6O2. The van der Waals surface area contributed by atoms with Gasteiger partial charge in [-0.2, -0.15) is 0 Å². The van der Waals surface area contributed by atoms with Gasteiger partial charge in [-0.25, -0.2) is 15.0 Å². The molecule has 1 aliphatic rings. The second-order valence-electron chi connectivity index (χ2n) is 7.29. The maximum Gasteiger partial charge on any atom is 0.225 e. The Morgan fingerprint density at radius 2 is 2.21 bits per heavy atom. The molecule has 0 aromatic carbocycles. The molecule has 0 spiro atoms. The summed E-state index contributed by atoms with van der Waals surface area (Å²) < 4.78 is 5.12. The molecule has 3 rings (SSSR count). The third kappa shape index (κ3) is 5.01. The zero-order chi connectivity index (χ0) is 19.9. The van der Waals surface area contributed by atoms with Crippen LogP contribution in [0.4, 0.5) is 5.82 Å². The van der Waals surface area contributed by atoms with Gasteiger partial charge in [0.25, 0.3) is 0 Å². The topological polar surface area (TPSA) is 93.1 Å². The smallest absolute Gasteiger partial charge is 0.225 e. The van der Waals surface area contributed by atoms with E-state index in [1.807, 2.05) is 24.8 Å². The van der Waals surface area contributed by atoms with Gasteiger partial charge in [-0.05, 0) is 12.8 Å². The molecule has 1 saturated heterocycles. The fraction of sp³-hybridized carbons (Fsp3) is 0.550. The molecule has 1 unspecified atom stereocenters. The Labute approximate surface area is 165 Å². The molecule has 8 heteroatoms. The minimum atomic E-state index is 0.00516. The SMILES string of the molecule is COCCNc1cc(C2CCCN(C(=O)C(C)C)C2)nc(-c2cnccn2)n1. The molecular weight excluding hydrogens is 356 g/mol. The van der Waals surface area contributed by atoms with Crippen molar-refractivity contribution >= 4 is 11.7 Å². The van der Waals surface area contributed by atoms with E-state index in [-0.39, 0.29) is 17.7 Å². The average Bonchev–Trinajstić information content (AvgIpc) is 2.74. The van der Waals surface area contributed by atoms with Crippen LogP contribution in [0.3, 0.4) is 0 Å². The first-order valence-corrected chi connectivity index (χ1v) is 9.75. The van der Waals surface area contributed by atoms with Gasteiger partial charge in [0.05, 0.1) is 18.5 Å². The Kier molecular flexibility index (Phi) is 6.86. The number of ether oxygens (including phenoxy) is 1. The Morgan fingerprint density at radius 1 is 1.36 bits per heavy atom. The summed E-state index contributed by atoms with van der Waals surface area (Å²) in [7, 11) is 1.67. The van der Waals surface area contributed by atoms with E-state index in [2.05, 4.69) is 20.3 Å². The van der Waals surface area contributed by atoms with Crippen LogP contribution < -0.4 is 5.32 Å². The maximum absolute atomic E-state index is 12.5. The Morgan fingerprint density at radius 3 is 2.93 bits per heavy atom. The highest BCUT2D eigenvalue weighted by Crippen LogP contribution is 2.29. The first kappa shape index (κ1) is 20.1. The van der Waals surface area contributed by atoms with Gasteiger partial charge in [-0.15, -0.1) is 0 Å². The van der Waals surface area contributed by atoms with Crippen LogP contribution in [0.1, 0.15) is 38.3 Å². The lowest BCUT2D eigenvalue weighted by atomic mass is 9.93. The molecule has 8 nitrogen and oxygen atoms in total. The molecule has 3 heterocycles. The highest BCUT2D eigenvalue weighted by atomic mass is 16.5. The molecule has 0 radical (unpaired) electrons. The lowest BCUT2D eigenvalue weighted by molar-refractivity contribution is -0.135. The van der Waals surface area contributed by atoms with Crippen molar-refractivity contribution in [3.8, 4) is 11.5 Å². The summed E-state index contributed by atoms with van der Waals surface area (Å²) in [6.07, 6.45) is 6.89. The average molecular weight is 384 g/mol. The third-order valence-corrected chi connectivity index (χ3v) is 4.80. The molecule has 1 amide bonds. The van der Waals surface area contributed by atoms with E-state index >= 15 is 0 Å². The lowest BCUT2D eigenvalue weighted by Crippen LogP contribution is -2.41. The van der Waals surface area contributed by atoms with Gasteiger partial charge in [-0.1, -0.05) is 13.8 Å². The summed E-state index contributed by atoms with van der Waals surface area (Å²) in [4.78, 5) is 32.2. The van der Waals surface area contributed by atoms with E-state index in [0.717, 1.165) is 30.9 Å². The van der Waals surface area contributed by atoms with Crippen molar-refractivity contribution in [3.63, 3.8) is 0 Å². The first-order chi connectivity index (χ1) is 13.6. The van der Waals surface area contributed by atoms with Crippen molar-refractivity contribution in [2.75, 3.05) is 38.7 Å². The number of carbonyl (C=O) groups excluding carboxylic acids is 1.